The van der Waals surface area contributed by atoms with E-state index in [2.05, 4.69) is 103 Å². The topological polar surface area (TPSA) is 6.48 Å². The van der Waals surface area contributed by atoms with Crippen LogP contribution in [0.15, 0.2) is 35.4 Å². The van der Waals surface area contributed by atoms with Crippen LogP contribution in [0.5, 0.6) is 0 Å². The molecular formula is C29H46N2. The summed E-state index contributed by atoms with van der Waals surface area (Å²) >= 11 is 0. The van der Waals surface area contributed by atoms with E-state index in [4.69, 9.17) is 0 Å². The van der Waals surface area contributed by atoms with Gasteiger partial charge in [0.25, 0.3) is 0 Å². The molecule has 2 nitrogen and oxygen atoms in total. The maximum absolute atomic E-state index is 2.75. The molecule has 0 unspecified atom stereocenters. The number of rotatable bonds is 6. The van der Waals surface area contributed by atoms with Gasteiger partial charge in [-0.25, -0.2) is 0 Å². The van der Waals surface area contributed by atoms with Crippen LogP contribution < -0.4 is 4.90 Å². The molecule has 0 saturated carbocycles. The van der Waals surface area contributed by atoms with Crippen molar-refractivity contribution in [3.05, 3.63) is 52.1 Å². The quantitative estimate of drug-likeness (QED) is 0.438. The Balaban J connectivity index is 1.99. The highest BCUT2D eigenvalue weighted by Crippen LogP contribution is 2.40. The Labute approximate surface area is 192 Å². The Bertz CT molecular complexity index is 785. The van der Waals surface area contributed by atoms with Crippen molar-refractivity contribution >= 4 is 5.69 Å². The predicted octanol–water partition coefficient (Wildman–Crippen LogP) is 7.50. The lowest BCUT2D eigenvalue weighted by atomic mass is 9.78. The van der Waals surface area contributed by atoms with Gasteiger partial charge in [0.1, 0.15) is 0 Å². The summed E-state index contributed by atoms with van der Waals surface area (Å²) in [7, 11) is 0. The fraction of sp³-hybridized carbons (Fsp3) is 0.655. The van der Waals surface area contributed by atoms with Gasteiger partial charge in [0.15, 0.2) is 0 Å². The minimum absolute atomic E-state index is 0.455. The highest BCUT2D eigenvalue weighted by molar-refractivity contribution is 5.64. The molecule has 0 amide bonds. The van der Waals surface area contributed by atoms with Gasteiger partial charge in [-0.05, 0) is 58.8 Å². The molecule has 0 N–H and O–H groups in total. The molecule has 31 heavy (non-hydrogen) atoms. The molecule has 1 fully saturated rings. The van der Waals surface area contributed by atoms with Gasteiger partial charge in [0.2, 0.25) is 0 Å². The Hall–Kier alpha value is -1.54. The van der Waals surface area contributed by atoms with Crippen molar-refractivity contribution in [3.8, 4) is 0 Å². The maximum atomic E-state index is 2.75. The first kappa shape index (κ1) is 24.1. The first-order valence-corrected chi connectivity index (χ1v) is 12.6. The minimum atomic E-state index is 0.455. The molecular weight excluding hydrogens is 376 g/mol. The number of hydrogen-bond donors (Lipinski definition) is 0. The summed E-state index contributed by atoms with van der Waals surface area (Å²) in [6.45, 7) is 26.7. The van der Waals surface area contributed by atoms with E-state index in [0.717, 1.165) is 19.8 Å². The number of aryl methyl sites for hydroxylation is 1. The molecule has 0 radical (unpaired) electrons. The number of hydrogen-bond acceptors (Lipinski definition) is 2. The van der Waals surface area contributed by atoms with Crippen molar-refractivity contribution in [1.82, 2.24) is 4.90 Å². The first-order chi connectivity index (χ1) is 14.5. The molecule has 1 aromatic carbocycles. The van der Waals surface area contributed by atoms with Gasteiger partial charge in [-0.15, -0.1) is 0 Å². The summed E-state index contributed by atoms with van der Waals surface area (Å²) in [5.41, 5.74) is 9.18. The number of benzene rings is 1. The van der Waals surface area contributed by atoms with Crippen LogP contribution in [0.1, 0.15) is 90.8 Å². The Morgan fingerprint density at radius 3 is 1.65 bits per heavy atom. The fourth-order valence-electron chi connectivity index (χ4n) is 5.55. The van der Waals surface area contributed by atoms with Gasteiger partial charge in [-0.1, -0.05) is 92.2 Å². The monoisotopic (exact) mass is 422 g/mol. The van der Waals surface area contributed by atoms with Crippen molar-refractivity contribution in [1.29, 1.82) is 0 Å². The SMILES string of the molecule is Cc1cc(C(C)C)c(N2CCN(C3C(C(C)C)=CC(C)C=C3C(C)C)C2)c(C(C)C)c1. The van der Waals surface area contributed by atoms with Crippen LogP contribution in [-0.4, -0.2) is 30.7 Å². The van der Waals surface area contributed by atoms with Crippen LogP contribution in [-0.2, 0) is 0 Å². The van der Waals surface area contributed by atoms with Gasteiger partial charge < -0.3 is 4.90 Å². The highest BCUT2D eigenvalue weighted by atomic mass is 15.4. The lowest BCUT2D eigenvalue weighted by molar-refractivity contribution is 0.276. The zero-order valence-corrected chi connectivity index (χ0v) is 21.8. The molecule has 2 heteroatoms. The summed E-state index contributed by atoms with van der Waals surface area (Å²) in [5.74, 6) is 2.78. The minimum Gasteiger partial charge on any atom is -0.357 e. The predicted molar refractivity (Wildman–Crippen MR) is 137 cm³/mol. The molecule has 0 spiro atoms. The molecule has 1 saturated heterocycles. The van der Waals surface area contributed by atoms with E-state index >= 15 is 0 Å². The normalized spacial score (nSPS) is 22.8. The van der Waals surface area contributed by atoms with Crippen LogP contribution in [0.25, 0.3) is 0 Å². The second-order valence-electron chi connectivity index (χ2n) is 11.2. The van der Waals surface area contributed by atoms with E-state index in [1.165, 1.54) is 22.4 Å². The summed E-state index contributed by atoms with van der Waals surface area (Å²) in [5, 5.41) is 0. The van der Waals surface area contributed by atoms with Gasteiger partial charge >= 0.3 is 0 Å². The lowest BCUT2D eigenvalue weighted by Crippen LogP contribution is -2.42. The fourth-order valence-corrected chi connectivity index (χ4v) is 5.55. The van der Waals surface area contributed by atoms with E-state index in [9.17, 15) is 0 Å². The molecule has 0 bridgehead atoms. The van der Waals surface area contributed by atoms with E-state index < -0.39 is 0 Å². The maximum Gasteiger partial charge on any atom is 0.0716 e. The molecule has 1 aromatic rings. The van der Waals surface area contributed by atoms with Gasteiger partial charge in [0.05, 0.1) is 12.7 Å². The summed E-state index contributed by atoms with van der Waals surface area (Å²) in [6.07, 6.45) is 5.07. The second-order valence-corrected chi connectivity index (χ2v) is 11.2. The average Bonchev–Trinajstić information content (AvgIpc) is 3.15. The Kier molecular flexibility index (Phi) is 7.41. The smallest absolute Gasteiger partial charge is 0.0716 e. The molecule has 172 valence electrons. The molecule has 1 aliphatic heterocycles. The largest absolute Gasteiger partial charge is 0.357 e. The van der Waals surface area contributed by atoms with E-state index in [1.54, 1.807) is 11.1 Å². The van der Waals surface area contributed by atoms with Crippen molar-refractivity contribution in [2.75, 3.05) is 24.7 Å². The highest BCUT2D eigenvalue weighted by Gasteiger charge is 2.36. The standard InChI is InChI=1S/C29H46N2/c1-18(2)24-13-22(9)14-25(19(3)4)28(24)30-11-12-31(17-30)29-26(20(5)6)15-23(10)16-27(29)21(7)8/h13-16,18-22,28H,11-12,17H2,1-10H3. The van der Waals surface area contributed by atoms with E-state index in [1.807, 2.05) is 0 Å². The molecule has 0 aromatic heterocycles. The molecule has 1 heterocycles. The van der Waals surface area contributed by atoms with Crippen molar-refractivity contribution in [2.24, 2.45) is 17.8 Å². The molecule has 1 aliphatic carbocycles. The third-order valence-corrected chi connectivity index (χ3v) is 7.12. The van der Waals surface area contributed by atoms with Gasteiger partial charge in [-0.3, -0.25) is 4.90 Å². The van der Waals surface area contributed by atoms with Crippen LogP contribution in [0, 0.1) is 24.7 Å². The lowest BCUT2D eigenvalue weighted by Gasteiger charge is -2.39. The number of allylic oxidation sites excluding steroid dienone is 2. The van der Waals surface area contributed by atoms with E-state index in [0.29, 0.717) is 35.6 Å². The average molecular weight is 423 g/mol. The van der Waals surface area contributed by atoms with E-state index in [-0.39, 0.29) is 0 Å². The van der Waals surface area contributed by atoms with Crippen molar-refractivity contribution < 1.29 is 0 Å². The third-order valence-electron chi connectivity index (χ3n) is 7.12. The summed E-state index contributed by atoms with van der Waals surface area (Å²) < 4.78 is 0. The van der Waals surface area contributed by atoms with Crippen LogP contribution in [0.3, 0.4) is 0 Å². The number of anilines is 1. The zero-order valence-electron chi connectivity index (χ0n) is 21.8. The van der Waals surface area contributed by atoms with Gasteiger partial charge in [0, 0.05) is 18.8 Å². The van der Waals surface area contributed by atoms with Gasteiger partial charge in [-0.2, -0.15) is 0 Å². The Morgan fingerprint density at radius 2 is 1.23 bits per heavy atom. The molecule has 3 rings (SSSR count). The molecule has 2 aliphatic rings. The first-order valence-electron chi connectivity index (χ1n) is 12.6. The third kappa shape index (κ3) is 4.95. The van der Waals surface area contributed by atoms with Crippen LogP contribution >= 0.6 is 0 Å². The Morgan fingerprint density at radius 1 is 0.742 bits per heavy atom. The summed E-state index contributed by atoms with van der Waals surface area (Å²) in [4.78, 5) is 5.43. The van der Waals surface area contributed by atoms with Crippen LogP contribution in [0.4, 0.5) is 5.69 Å². The molecule has 0 atom stereocenters. The van der Waals surface area contributed by atoms with Crippen LogP contribution in [0.2, 0.25) is 0 Å². The number of nitrogens with zero attached hydrogens (tertiary/aromatic N) is 2. The zero-order chi connectivity index (χ0) is 23.0. The second kappa shape index (κ2) is 9.53. The van der Waals surface area contributed by atoms with Crippen molar-refractivity contribution in [3.63, 3.8) is 0 Å². The summed E-state index contributed by atoms with van der Waals surface area (Å²) in [6, 6.07) is 5.31. The van der Waals surface area contributed by atoms with Crippen molar-refractivity contribution in [2.45, 2.75) is 87.1 Å².